The second-order valence-electron chi connectivity index (χ2n) is 3.81. The number of aliphatic carboxylic acids is 2. The fraction of sp³-hybridized carbons (Fsp3) is 0.250. The van der Waals surface area contributed by atoms with Crippen LogP contribution in [-0.2, 0) is 9.59 Å². The van der Waals surface area contributed by atoms with Crippen LogP contribution in [0.15, 0.2) is 18.2 Å². The van der Waals surface area contributed by atoms with Crippen molar-refractivity contribution < 1.29 is 33.7 Å². The molecular formula is C12H12FNO6. The zero-order valence-electron chi connectivity index (χ0n) is 10.4. The number of carbonyl (C=O) groups excluding carboxylic acids is 1. The minimum absolute atomic E-state index is 0.194. The smallest absolute Gasteiger partial charge is 0.326 e. The number of carboxylic acids is 2. The van der Waals surface area contributed by atoms with Crippen LogP contribution < -0.4 is 10.1 Å². The Morgan fingerprint density at radius 2 is 2.00 bits per heavy atom. The fourth-order valence-electron chi connectivity index (χ4n) is 1.42. The van der Waals surface area contributed by atoms with Crippen molar-refractivity contribution in [1.82, 2.24) is 5.32 Å². The number of methoxy groups -OCH3 is 1. The number of ether oxygens (including phenoxy) is 1. The molecule has 0 unspecified atom stereocenters. The number of benzene rings is 1. The molecule has 0 aliphatic rings. The number of halogens is 1. The topological polar surface area (TPSA) is 113 Å². The van der Waals surface area contributed by atoms with E-state index in [0.717, 1.165) is 12.1 Å². The molecule has 0 bridgehead atoms. The van der Waals surface area contributed by atoms with Crippen molar-refractivity contribution >= 4 is 17.8 Å². The van der Waals surface area contributed by atoms with Gasteiger partial charge in [-0.3, -0.25) is 9.59 Å². The molecule has 108 valence electrons. The second-order valence-corrected chi connectivity index (χ2v) is 3.81. The van der Waals surface area contributed by atoms with Crippen LogP contribution in [-0.4, -0.2) is 41.2 Å². The molecule has 0 spiro atoms. The van der Waals surface area contributed by atoms with E-state index in [9.17, 15) is 18.8 Å². The van der Waals surface area contributed by atoms with Gasteiger partial charge in [-0.05, 0) is 12.1 Å². The van der Waals surface area contributed by atoms with E-state index < -0.39 is 41.7 Å². The Kier molecular flexibility index (Phi) is 5.01. The normalized spacial score (nSPS) is 11.5. The first-order chi connectivity index (χ1) is 9.35. The minimum Gasteiger partial charge on any atom is -0.497 e. The molecule has 1 rings (SSSR count). The number of amides is 1. The van der Waals surface area contributed by atoms with Crippen molar-refractivity contribution in [1.29, 1.82) is 0 Å². The molecule has 0 radical (unpaired) electrons. The van der Waals surface area contributed by atoms with Crippen molar-refractivity contribution in [3.05, 3.63) is 29.6 Å². The van der Waals surface area contributed by atoms with E-state index >= 15 is 0 Å². The van der Waals surface area contributed by atoms with Gasteiger partial charge in [-0.1, -0.05) is 0 Å². The Morgan fingerprint density at radius 1 is 1.35 bits per heavy atom. The Hall–Kier alpha value is -2.64. The summed E-state index contributed by atoms with van der Waals surface area (Å²) >= 11 is 0. The second kappa shape index (κ2) is 6.50. The lowest BCUT2D eigenvalue weighted by Crippen LogP contribution is -2.42. The van der Waals surface area contributed by atoms with Gasteiger partial charge in [0.2, 0.25) is 0 Å². The molecule has 8 heteroatoms. The average Bonchev–Trinajstić information content (AvgIpc) is 2.36. The predicted molar refractivity (Wildman–Crippen MR) is 64.1 cm³/mol. The van der Waals surface area contributed by atoms with Gasteiger partial charge in [-0.2, -0.15) is 0 Å². The first-order valence-electron chi connectivity index (χ1n) is 5.44. The lowest BCUT2D eigenvalue weighted by Gasteiger charge is -2.13. The summed E-state index contributed by atoms with van der Waals surface area (Å²) in [6, 6.07) is 1.76. The maximum absolute atomic E-state index is 13.6. The van der Waals surface area contributed by atoms with Crippen molar-refractivity contribution in [3.8, 4) is 5.75 Å². The molecule has 0 aromatic heterocycles. The van der Waals surface area contributed by atoms with E-state index in [1.807, 2.05) is 5.32 Å². The average molecular weight is 285 g/mol. The summed E-state index contributed by atoms with van der Waals surface area (Å²) in [6.07, 6.45) is -0.807. The lowest BCUT2D eigenvalue weighted by molar-refractivity contribution is -0.145. The van der Waals surface area contributed by atoms with Gasteiger partial charge in [0, 0.05) is 6.07 Å². The van der Waals surface area contributed by atoms with E-state index in [1.54, 1.807) is 0 Å². The fourth-order valence-corrected chi connectivity index (χ4v) is 1.42. The van der Waals surface area contributed by atoms with Crippen LogP contribution in [0.5, 0.6) is 5.75 Å². The first kappa shape index (κ1) is 15.4. The van der Waals surface area contributed by atoms with Crippen LogP contribution in [0.2, 0.25) is 0 Å². The summed E-state index contributed by atoms with van der Waals surface area (Å²) in [5, 5.41) is 19.3. The molecule has 1 aromatic carbocycles. The van der Waals surface area contributed by atoms with Crippen molar-refractivity contribution in [2.24, 2.45) is 0 Å². The van der Waals surface area contributed by atoms with Gasteiger partial charge in [0.1, 0.15) is 17.6 Å². The van der Waals surface area contributed by atoms with Crippen LogP contribution in [0.25, 0.3) is 0 Å². The molecule has 0 saturated heterocycles. The van der Waals surface area contributed by atoms with Crippen molar-refractivity contribution in [2.75, 3.05) is 7.11 Å². The van der Waals surface area contributed by atoms with Crippen LogP contribution >= 0.6 is 0 Å². The lowest BCUT2D eigenvalue weighted by atomic mass is 10.1. The Morgan fingerprint density at radius 3 is 2.45 bits per heavy atom. The maximum Gasteiger partial charge on any atom is 0.326 e. The van der Waals surface area contributed by atoms with Gasteiger partial charge < -0.3 is 20.3 Å². The largest absolute Gasteiger partial charge is 0.497 e. The summed E-state index contributed by atoms with van der Waals surface area (Å²) in [6.45, 7) is 0. The van der Waals surface area contributed by atoms with Gasteiger partial charge in [-0.25, -0.2) is 9.18 Å². The summed E-state index contributed by atoms with van der Waals surface area (Å²) in [5.41, 5.74) is -0.401. The van der Waals surface area contributed by atoms with E-state index in [4.69, 9.17) is 14.9 Å². The quantitative estimate of drug-likeness (QED) is 0.701. The summed E-state index contributed by atoms with van der Waals surface area (Å²) in [4.78, 5) is 33.0. The van der Waals surface area contributed by atoms with E-state index in [1.165, 1.54) is 13.2 Å². The zero-order chi connectivity index (χ0) is 15.3. The van der Waals surface area contributed by atoms with Gasteiger partial charge in [0.05, 0.1) is 19.1 Å². The van der Waals surface area contributed by atoms with Gasteiger partial charge in [0.25, 0.3) is 5.91 Å². The van der Waals surface area contributed by atoms with E-state index in [2.05, 4.69) is 0 Å². The van der Waals surface area contributed by atoms with Gasteiger partial charge >= 0.3 is 11.9 Å². The van der Waals surface area contributed by atoms with E-state index in [0.29, 0.717) is 0 Å². The maximum atomic E-state index is 13.6. The van der Waals surface area contributed by atoms with E-state index in [-0.39, 0.29) is 5.75 Å². The highest BCUT2D eigenvalue weighted by atomic mass is 19.1. The zero-order valence-corrected chi connectivity index (χ0v) is 10.4. The molecule has 0 saturated carbocycles. The Labute approximate surface area is 113 Å². The molecule has 7 nitrogen and oxygen atoms in total. The molecule has 1 aromatic rings. The summed E-state index contributed by atoms with van der Waals surface area (Å²) in [7, 11) is 1.32. The molecular weight excluding hydrogens is 273 g/mol. The Bertz CT molecular complexity index is 545. The standard InChI is InChI=1S/C12H12FNO6/c1-20-6-2-3-7(8(13)4-6)11(17)14-9(12(18)19)5-10(15)16/h2-4,9H,5H2,1H3,(H,14,17)(H,15,16)(H,18,19)/t9-/m0/s1. The number of rotatable bonds is 6. The van der Waals surface area contributed by atoms with Crippen LogP contribution in [0.4, 0.5) is 4.39 Å². The van der Waals surface area contributed by atoms with Crippen molar-refractivity contribution in [2.45, 2.75) is 12.5 Å². The monoisotopic (exact) mass is 285 g/mol. The SMILES string of the molecule is COc1ccc(C(=O)N[C@@H](CC(=O)O)C(=O)O)c(F)c1. The van der Waals surface area contributed by atoms with Crippen LogP contribution in [0.3, 0.4) is 0 Å². The summed E-state index contributed by atoms with van der Waals surface area (Å²) in [5.74, 6) is -4.64. The predicted octanol–water partition coefficient (Wildman–Crippen LogP) is 0.492. The third-order valence-corrected chi connectivity index (χ3v) is 2.40. The van der Waals surface area contributed by atoms with Crippen molar-refractivity contribution in [3.63, 3.8) is 0 Å². The molecule has 0 fully saturated rings. The molecule has 1 atom stereocenters. The van der Waals surface area contributed by atoms with Crippen LogP contribution in [0, 0.1) is 5.82 Å². The number of carbonyl (C=O) groups is 3. The third-order valence-electron chi connectivity index (χ3n) is 2.40. The number of hydrogen-bond donors (Lipinski definition) is 3. The van der Waals surface area contributed by atoms with Crippen LogP contribution in [0.1, 0.15) is 16.8 Å². The number of carboxylic acid groups (broad SMARTS) is 2. The Balaban J connectivity index is 2.89. The molecule has 20 heavy (non-hydrogen) atoms. The minimum atomic E-state index is -1.64. The molecule has 0 aliphatic heterocycles. The summed E-state index contributed by atoms with van der Waals surface area (Å²) < 4.78 is 18.4. The number of nitrogens with one attached hydrogen (secondary N) is 1. The van der Waals surface area contributed by atoms with Gasteiger partial charge in [-0.15, -0.1) is 0 Å². The first-order valence-corrected chi connectivity index (χ1v) is 5.44. The molecule has 0 aliphatic carbocycles. The molecule has 1 amide bonds. The highest BCUT2D eigenvalue weighted by Crippen LogP contribution is 2.16. The molecule has 3 N–H and O–H groups in total. The third kappa shape index (κ3) is 3.94. The highest BCUT2D eigenvalue weighted by Gasteiger charge is 2.24. The number of hydrogen-bond acceptors (Lipinski definition) is 4. The highest BCUT2D eigenvalue weighted by molar-refractivity contribution is 5.97. The molecule has 0 heterocycles. The van der Waals surface area contributed by atoms with Gasteiger partial charge in [0.15, 0.2) is 0 Å².